The number of thioether (sulfide) groups is 1. The second-order valence-corrected chi connectivity index (χ2v) is 6.70. The molecule has 0 spiro atoms. The number of likely N-dealkylation sites (N-methyl/N-ethyl adjacent to an activating group) is 1. The molecule has 2 fully saturated rings. The van der Waals surface area contributed by atoms with E-state index in [1.807, 2.05) is 6.92 Å². The largest absolute Gasteiger partial charge is 0.480 e. The highest BCUT2D eigenvalue weighted by atomic mass is 32.2. The predicted molar refractivity (Wildman–Crippen MR) is 81.2 cm³/mol. The van der Waals surface area contributed by atoms with E-state index in [1.54, 1.807) is 16.7 Å². The third-order valence-corrected chi connectivity index (χ3v) is 5.39. The maximum absolute atomic E-state index is 12.9. The normalized spacial score (nSPS) is 32.6. The van der Waals surface area contributed by atoms with Gasteiger partial charge in [-0.1, -0.05) is 20.3 Å². The molecule has 21 heavy (non-hydrogen) atoms. The zero-order valence-corrected chi connectivity index (χ0v) is 13.4. The summed E-state index contributed by atoms with van der Waals surface area (Å²) in [5, 5.41) is 12.6. The first-order valence-electron chi connectivity index (χ1n) is 7.57. The molecule has 2 aliphatic heterocycles. The number of amides is 1. The van der Waals surface area contributed by atoms with Crippen LogP contribution in [-0.4, -0.2) is 64.9 Å². The molecule has 4 atom stereocenters. The fourth-order valence-corrected chi connectivity index (χ4v) is 4.49. The van der Waals surface area contributed by atoms with Gasteiger partial charge in [0.25, 0.3) is 0 Å². The van der Waals surface area contributed by atoms with Crippen LogP contribution >= 0.6 is 11.8 Å². The van der Waals surface area contributed by atoms with Crippen LogP contribution in [0.15, 0.2) is 0 Å². The van der Waals surface area contributed by atoms with Crippen molar-refractivity contribution in [2.75, 3.05) is 25.5 Å². The number of carbonyl (C=O) groups excluding carboxylic acids is 1. The molecule has 0 aromatic heterocycles. The summed E-state index contributed by atoms with van der Waals surface area (Å²) < 4.78 is 5.43. The lowest BCUT2D eigenvalue weighted by molar-refractivity contribution is -0.151. The van der Waals surface area contributed by atoms with Crippen LogP contribution in [0.2, 0.25) is 0 Å². The van der Waals surface area contributed by atoms with E-state index in [9.17, 15) is 14.7 Å². The number of nitrogens with one attached hydrogen (secondary N) is 1. The minimum absolute atomic E-state index is 0.00942. The topological polar surface area (TPSA) is 78.9 Å². The predicted octanol–water partition coefficient (Wildman–Crippen LogP) is 0.766. The molecule has 0 saturated carbocycles. The first kappa shape index (κ1) is 16.6. The molecule has 0 radical (unpaired) electrons. The average molecular weight is 316 g/mol. The smallest absolute Gasteiger partial charge is 0.327 e. The van der Waals surface area contributed by atoms with Crippen molar-refractivity contribution in [1.29, 1.82) is 0 Å². The van der Waals surface area contributed by atoms with Gasteiger partial charge in [-0.3, -0.25) is 4.79 Å². The van der Waals surface area contributed by atoms with Crippen LogP contribution in [0.4, 0.5) is 0 Å². The second kappa shape index (κ2) is 7.47. The molecular formula is C14H24N2O4S. The first-order valence-corrected chi connectivity index (χ1v) is 8.62. The van der Waals surface area contributed by atoms with E-state index in [0.717, 1.165) is 19.4 Å². The third-order valence-electron chi connectivity index (χ3n) is 4.03. The Morgan fingerprint density at radius 1 is 1.38 bits per heavy atom. The average Bonchev–Trinajstić information content (AvgIpc) is 3.05. The minimum Gasteiger partial charge on any atom is -0.480 e. The molecule has 0 bridgehead atoms. The Labute approximate surface area is 129 Å². The summed E-state index contributed by atoms with van der Waals surface area (Å²) in [6, 6.07) is -0.716. The van der Waals surface area contributed by atoms with Crippen molar-refractivity contribution in [3.63, 3.8) is 0 Å². The quantitative estimate of drug-likeness (QED) is 0.753. The summed E-state index contributed by atoms with van der Waals surface area (Å²) in [7, 11) is 0. The van der Waals surface area contributed by atoms with Gasteiger partial charge in [0.05, 0.1) is 24.5 Å². The van der Waals surface area contributed by atoms with Crippen LogP contribution in [-0.2, 0) is 14.3 Å². The molecular weight excluding hydrogens is 292 g/mol. The number of carbonyl (C=O) groups is 2. The molecule has 0 aromatic rings. The monoisotopic (exact) mass is 316 g/mol. The van der Waals surface area contributed by atoms with Crippen molar-refractivity contribution in [2.24, 2.45) is 5.92 Å². The first-order chi connectivity index (χ1) is 10.1. The van der Waals surface area contributed by atoms with E-state index < -0.39 is 12.0 Å². The van der Waals surface area contributed by atoms with Crippen LogP contribution in [0, 0.1) is 5.92 Å². The molecule has 0 aliphatic carbocycles. The Hall–Kier alpha value is -0.790. The second-order valence-electron chi connectivity index (χ2n) is 5.48. The van der Waals surface area contributed by atoms with Gasteiger partial charge in [0.2, 0.25) is 5.91 Å². The zero-order chi connectivity index (χ0) is 15.4. The minimum atomic E-state index is -0.909. The molecule has 7 heteroatoms. The Balaban J connectivity index is 2.14. The number of carboxylic acid groups (broad SMARTS) is 1. The molecule has 2 heterocycles. The number of ether oxygens (including phenoxy) is 1. The Bertz CT molecular complexity index is 393. The molecule has 2 N–H and O–H groups in total. The molecule has 2 aliphatic rings. The summed E-state index contributed by atoms with van der Waals surface area (Å²) >= 11 is 1.58. The number of carboxylic acids is 1. The maximum Gasteiger partial charge on any atom is 0.327 e. The Morgan fingerprint density at radius 3 is 2.76 bits per heavy atom. The molecule has 2 rings (SSSR count). The van der Waals surface area contributed by atoms with Crippen molar-refractivity contribution in [3.8, 4) is 0 Å². The van der Waals surface area contributed by atoms with E-state index >= 15 is 0 Å². The van der Waals surface area contributed by atoms with E-state index in [2.05, 4.69) is 12.2 Å². The van der Waals surface area contributed by atoms with E-state index in [0.29, 0.717) is 19.0 Å². The lowest BCUT2D eigenvalue weighted by Gasteiger charge is -2.31. The van der Waals surface area contributed by atoms with Gasteiger partial charge in [-0.15, -0.1) is 11.8 Å². The van der Waals surface area contributed by atoms with Gasteiger partial charge in [0.15, 0.2) is 0 Å². The SMILES string of the molecule is CCCC1SCC(C(=O)O)N1C(=O)C1COCC1NCC. The molecule has 4 unspecified atom stereocenters. The van der Waals surface area contributed by atoms with Gasteiger partial charge >= 0.3 is 5.97 Å². The molecule has 2 saturated heterocycles. The summed E-state index contributed by atoms with van der Waals surface area (Å²) in [4.78, 5) is 25.9. The number of hydrogen-bond donors (Lipinski definition) is 2. The highest BCUT2D eigenvalue weighted by Crippen LogP contribution is 2.34. The van der Waals surface area contributed by atoms with Crippen LogP contribution in [0.25, 0.3) is 0 Å². The summed E-state index contributed by atoms with van der Waals surface area (Å²) in [5.41, 5.74) is 0. The Kier molecular flexibility index (Phi) is 5.89. The van der Waals surface area contributed by atoms with Crippen molar-refractivity contribution in [1.82, 2.24) is 10.2 Å². The summed E-state index contributed by atoms with van der Waals surface area (Å²) in [5.74, 6) is -0.780. The van der Waals surface area contributed by atoms with Gasteiger partial charge in [0, 0.05) is 11.8 Å². The summed E-state index contributed by atoms with van der Waals surface area (Å²) in [6.07, 6.45) is 1.77. The fourth-order valence-electron chi connectivity index (χ4n) is 2.97. The number of hydrogen-bond acceptors (Lipinski definition) is 5. The fraction of sp³-hybridized carbons (Fsp3) is 0.857. The third kappa shape index (κ3) is 3.52. The van der Waals surface area contributed by atoms with Crippen LogP contribution in [0.5, 0.6) is 0 Å². The Morgan fingerprint density at radius 2 is 2.14 bits per heavy atom. The summed E-state index contributed by atoms with van der Waals surface area (Å²) in [6.45, 7) is 5.71. The number of rotatable bonds is 6. The van der Waals surface area contributed by atoms with Crippen LogP contribution in [0.3, 0.4) is 0 Å². The van der Waals surface area contributed by atoms with E-state index in [1.165, 1.54) is 0 Å². The van der Waals surface area contributed by atoms with Gasteiger partial charge in [0.1, 0.15) is 6.04 Å². The van der Waals surface area contributed by atoms with Gasteiger partial charge in [-0.2, -0.15) is 0 Å². The highest BCUT2D eigenvalue weighted by molar-refractivity contribution is 8.00. The van der Waals surface area contributed by atoms with Crippen molar-refractivity contribution in [2.45, 2.75) is 44.1 Å². The molecule has 120 valence electrons. The van der Waals surface area contributed by atoms with Crippen molar-refractivity contribution >= 4 is 23.6 Å². The standard InChI is InChI=1S/C14H24N2O4S/c1-3-5-12-16(11(8-21-12)14(18)19)13(17)9-6-20-7-10(9)15-4-2/h9-12,15H,3-8H2,1-2H3,(H,18,19). The lowest BCUT2D eigenvalue weighted by Crippen LogP contribution is -2.52. The van der Waals surface area contributed by atoms with E-state index in [4.69, 9.17) is 4.74 Å². The number of aliphatic carboxylic acids is 1. The molecule has 0 aromatic carbocycles. The van der Waals surface area contributed by atoms with Gasteiger partial charge in [-0.25, -0.2) is 4.79 Å². The highest BCUT2D eigenvalue weighted by Gasteiger charge is 2.46. The van der Waals surface area contributed by atoms with Gasteiger partial charge in [-0.05, 0) is 13.0 Å². The zero-order valence-electron chi connectivity index (χ0n) is 12.6. The van der Waals surface area contributed by atoms with E-state index in [-0.39, 0.29) is 23.2 Å². The van der Waals surface area contributed by atoms with Crippen molar-refractivity contribution in [3.05, 3.63) is 0 Å². The molecule has 1 amide bonds. The maximum atomic E-state index is 12.9. The van der Waals surface area contributed by atoms with Crippen LogP contribution < -0.4 is 5.32 Å². The number of nitrogens with zero attached hydrogens (tertiary/aromatic N) is 1. The van der Waals surface area contributed by atoms with Crippen LogP contribution in [0.1, 0.15) is 26.7 Å². The lowest BCUT2D eigenvalue weighted by atomic mass is 10.0. The van der Waals surface area contributed by atoms with Gasteiger partial charge < -0.3 is 20.1 Å². The molecule has 6 nitrogen and oxygen atoms in total. The van der Waals surface area contributed by atoms with Crippen molar-refractivity contribution < 1.29 is 19.4 Å².